The first-order valence-electron chi connectivity index (χ1n) is 13.5. The van der Waals surface area contributed by atoms with Gasteiger partial charge in [0, 0.05) is 34.0 Å². The van der Waals surface area contributed by atoms with E-state index >= 15 is 0 Å². The molecule has 0 aliphatic heterocycles. The molecule has 0 radical (unpaired) electrons. The number of methoxy groups -OCH3 is 1. The number of hydrogen-bond donors (Lipinski definition) is 3. The van der Waals surface area contributed by atoms with Gasteiger partial charge in [0.05, 0.1) is 23.4 Å². The molecule has 4 aromatic carbocycles. The lowest BCUT2D eigenvalue weighted by molar-refractivity contribution is 0.360. The Morgan fingerprint density at radius 1 is 0.867 bits per heavy atom. The number of para-hydroxylation sites is 1. The Morgan fingerprint density at radius 2 is 1.53 bits per heavy atom. The van der Waals surface area contributed by atoms with E-state index in [1.54, 1.807) is 24.3 Å². The zero-order valence-electron chi connectivity index (χ0n) is 23.9. The number of hydrogen-bond acceptors (Lipinski definition) is 9. The predicted molar refractivity (Wildman–Crippen MR) is 170 cm³/mol. The molecule has 2 heterocycles. The van der Waals surface area contributed by atoms with Crippen LogP contribution in [0.25, 0.3) is 21.8 Å². The summed E-state index contributed by atoms with van der Waals surface area (Å²) in [6.07, 6.45) is 0. The summed E-state index contributed by atoms with van der Waals surface area (Å²) in [5.74, 6) is 0.292. The second-order valence-corrected chi connectivity index (χ2v) is 11.9. The van der Waals surface area contributed by atoms with Crippen LogP contribution in [0.5, 0.6) is 17.8 Å². The topological polar surface area (TPSA) is 169 Å². The fraction of sp³-hybridized carbons (Fsp3) is 0.100. The van der Waals surface area contributed by atoms with Crippen LogP contribution in [0.4, 0.5) is 23.0 Å². The number of ether oxygens (including phenoxy) is 2. The van der Waals surface area contributed by atoms with Crippen LogP contribution in [0.1, 0.15) is 6.92 Å². The number of benzene rings is 4. The van der Waals surface area contributed by atoms with Crippen molar-refractivity contribution in [2.45, 2.75) is 18.4 Å². The highest BCUT2D eigenvalue weighted by atomic mass is 32.2. The van der Waals surface area contributed by atoms with Crippen molar-refractivity contribution in [2.24, 2.45) is 0 Å². The van der Waals surface area contributed by atoms with Crippen molar-refractivity contribution in [1.82, 2.24) is 19.5 Å². The Balaban J connectivity index is 1.25. The molecular formula is C30H26N6O7S2. The number of rotatable bonds is 10. The minimum Gasteiger partial charge on any atom is -0.467 e. The summed E-state index contributed by atoms with van der Waals surface area (Å²) in [5, 5.41) is 5.07. The van der Waals surface area contributed by atoms with E-state index in [1.165, 1.54) is 35.7 Å². The first-order valence-corrected chi connectivity index (χ1v) is 16.0. The molecule has 2 aromatic heterocycles. The number of nitrogens with zero attached hydrogens (tertiary/aromatic N) is 5. The SMILES string of the molecule is CCn1c2ccccc2c2cc(N(c3ccc(Nc4nc(OC)nc(Oc5ccc(S(=O)(=O)O)cc5)n4)cc3)S(=O)O)ccc21. The monoisotopic (exact) mass is 646 g/mol. The van der Waals surface area contributed by atoms with Crippen molar-refractivity contribution in [3.63, 3.8) is 0 Å². The molecule has 1 atom stereocenters. The van der Waals surface area contributed by atoms with Gasteiger partial charge in [0.15, 0.2) is 0 Å². The van der Waals surface area contributed by atoms with Gasteiger partial charge in [-0.05, 0) is 79.7 Å². The average Bonchev–Trinajstić information content (AvgIpc) is 3.34. The van der Waals surface area contributed by atoms with Gasteiger partial charge < -0.3 is 19.4 Å². The largest absolute Gasteiger partial charge is 0.467 e. The van der Waals surface area contributed by atoms with E-state index in [1.807, 2.05) is 36.4 Å². The first kappa shape index (κ1) is 30.0. The van der Waals surface area contributed by atoms with E-state index in [0.29, 0.717) is 17.1 Å². The molecule has 0 aliphatic rings. The molecule has 0 saturated heterocycles. The molecule has 230 valence electrons. The molecule has 0 fully saturated rings. The molecular weight excluding hydrogens is 620 g/mol. The number of anilines is 4. The van der Waals surface area contributed by atoms with Crippen molar-refractivity contribution in [1.29, 1.82) is 0 Å². The van der Waals surface area contributed by atoms with Crippen LogP contribution in [0, 0.1) is 0 Å². The van der Waals surface area contributed by atoms with Gasteiger partial charge in [-0.3, -0.25) is 9.11 Å². The third-order valence-corrected chi connectivity index (χ3v) is 8.53. The normalized spacial score (nSPS) is 12.3. The minimum atomic E-state index is -4.35. The fourth-order valence-corrected chi connectivity index (χ4v) is 6.04. The van der Waals surface area contributed by atoms with Crippen LogP contribution in [0.15, 0.2) is 95.9 Å². The Kier molecular flexibility index (Phi) is 8.07. The molecule has 1 unspecified atom stereocenters. The number of fused-ring (bicyclic) bond motifs is 3. The lowest BCUT2D eigenvalue weighted by Crippen LogP contribution is -2.19. The van der Waals surface area contributed by atoms with E-state index in [4.69, 9.17) is 9.47 Å². The maximum absolute atomic E-state index is 12.6. The number of aromatic nitrogens is 4. The standard InChI is InChI=1S/C30H26N6O7S2/c1-3-35-26-7-5-4-6-24(26)25-18-21(12-17-27(25)35)36(44(37)38)20-10-8-19(9-11-20)31-28-32-29(42-2)34-30(33-28)43-22-13-15-23(16-14-22)45(39,40)41/h4-18H,3H2,1-2H3,(H,37,38)(H,39,40,41)(H,31,32,33,34). The first-order chi connectivity index (χ1) is 21.6. The van der Waals surface area contributed by atoms with Crippen molar-refractivity contribution in [3.05, 3.63) is 91.0 Å². The van der Waals surface area contributed by atoms with Crippen LogP contribution in [-0.2, 0) is 27.9 Å². The smallest absolute Gasteiger partial charge is 0.330 e. The van der Waals surface area contributed by atoms with Crippen molar-refractivity contribution >= 4 is 66.2 Å². The van der Waals surface area contributed by atoms with E-state index in [0.717, 1.165) is 28.4 Å². The lowest BCUT2D eigenvalue weighted by atomic mass is 10.1. The van der Waals surface area contributed by atoms with Gasteiger partial charge in [-0.1, -0.05) is 18.2 Å². The highest BCUT2D eigenvalue weighted by Crippen LogP contribution is 2.35. The minimum absolute atomic E-state index is 0.0460. The quantitative estimate of drug-likeness (QED) is 0.117. The summed E-state index contributed by atoms with van der Waals surface area (Å²) in [6.45, 7) is 2.87. The summed E-state index contributed by atoms with van der Waals surface area (Å²) >= 11 is -2.36. The fourth-order valence-electron chi connectivity index (χ4n) is 4.96. The Hall–Kier alpha value is -5.09. The molecule has 0 saturated carbocycles. The van der Waals surface area contributed by atoms with Crippen LogP contribution >= 0.6 is 0 Å². The van der Waals surface area contributed by atoms with Crippen molar-refractivity contribution in [3.8, 4) is 17.8 Å². The zero-order chi connectivity index (χ0) is 31.7. The molecule has 0 bridgehead atoms. The molecule has 15 heteroatoms. The highest BCUT2D eigenvalue weighted by Gasteiger charge is 2.19. The van der Waals surface area contributed by atoms with E-state index in [9.17, 15) is 21.7 Å². The van der Waals surface area contributed by atoms with Crippen LogP contribution in [0.2, 0.25) is 0 Å². The van der Waals surface area contributed by atoms with Crippen LogP contribution in [0.3, 0.4) is 0 Å². The van der Waals surface area contributed by atoms with Gasteiger partial charge in [0.1, 0.15) is 5.75 Å². The van der Waals surface area contributed by atoms with Gasteiger partial charge in [0.25, 0.3) is 21.4 Å². The van der Waals surface area contributed by atoms with Crippen LogP contribution in [-0.4, -0.2) is 48.4 Å². The Morgan fingerprint density at radius 3 is 2.20 bits per heavy atom. The second-order valence-electron chi connectivity index (χ2n) is 9.64. The summed E-state index contributed by atoms with van der Waals surface area (Å²) in [7, 11) is -2.98. The molecule has 0 aliphatic carbocycles. The Bertz CT molecular complexity index is 2160. The average molecular weight is 647 g/mol. The summed E-state index contributed by atoms with van der Waals surface area (Å²) in [5.41, 5.74) is 3.72. The maximum Gasteiger partial charge on any atom is 0.330 e. The molecule has 13 nitrogen and oxygen atoms in total. The van der Waals surface area contributed by atoms with E-state index in [2.05, 4.69) is 37.8 Å². The van der Waals surface area contributed by atoms with Gasteiger partial charge >= 0.3 is 12.0 Å². The summed E-state index contributed by atoms with van der Waals surface area (Å²) < 4.78 is 69.0. The van der Waals surface area contributed by atoms with Crippen molar-refractivity contribution < 1.29 is 31.2 Å². The third kappa shape index (κ3) is 6.14. The highest BCUT2D eigenvalue weighted by molar-refractivity contribution is 7.85. The summed E-state index contributed by atoms with van der Waals surface area (Å²) in [6, 6.07) is 25.4. The number of aryl methyl sites for hydroxylation is 1. The maximum atomic E-state index is 12.6. The Labute approximate surface area is 260 Å². The predicted octanol–water partition coefficient (Wildman–Crippen LogP) is 6.07. The molecule has 0 spiro atoms. The van der Waals surface area contributed by atoms with E-state index < -0.39 is 21.4 Å². The van der Waals surface area contributed by atoms with E-state index in [-0.39, 0.29) is 28.6 Å². The van der Waals surface area contributed by atoms with Crippen molar-refractivity contribution in [2.75, 3.05) is 16.7 Å². The lowest BCUT2D eigenvalue weighted by Gasteiger charge is -2.21. The zero-order valence-corrected chi connectivity index (χ0v) is 25.5. The molecule has 3 N–H and O–H groups in total. The second kappa shape index (κ2) is 12.1. The van der Waals surface area contributed by atoms with Gasteiger partial charge in [0.2, 0.25) is 5.95 Å². The van der Waals surface area contributed by atoms with Crippen LogP contribution < -0.4 is 19.1 Å². The van der Waals surface area contributed by atoms with Gasteiger partial charge in [-0.2, -0.15) is 18.4 Å². The third-order valence-electron chi connectivity index (χ3n) is 6.93. The molecule has 6 aromatic rings. The number of nitrogens with one attached hydrogen (secondary N) is 1. The van der Waals surface area contributed by atoms with Gasteiger partial charge in [-0.25, -0.2) is 8.51 Å². The molecule has 0 amide bonds. The van der Waals surface area contributed by atoms with Gasteiger partial charge in [-0.15, -0.1) is 4.98 Å². The molecule has 45 heavy (non-hydrogen) atoms. The molecule has 6 rings (SSSR count). The summed E-state index contributed by atoms with van der Waals surface area (Å²) in [4.78, 5) is 12.2.